The van der Waals surface area contributed by atoms with Crippen molar-refractivity contribution in [3.63, 3.8) is 0 Å². The summed E-state index contributed by atoms with van der Waals surface area (Å²) in [5.41, 5.74) is 1.88. The fourth-order valence-electron chi connectivity index (χ4n) is 2.70. The fraction of sp³-hybridized carbons (Fsp3) is 0.0476. The second kappa shape index (κ2) is 9.80. The quantitative estimate of drug-likeness (QED) is 0.400. The number of hydrogen-bond donors (Lipinski definition) is 4. The number of nitrogens with two attached hydrogens (primary N) is 1. The number of carbonyl (C=O) groups excluding carboxylic acids is 1. The summed E-state index contributed by atoms with van der Waals surface area (Å²) in [6.45, 7) is -0.0553. The molecule has 5 N–H and O–H groups in total. The second-order valence-electron chi connectivity index (χ2n) is 6.81. The lowest BCUT2D eigenvalue weighted by Gasteiger charge is -2.10. The van der Waals surface area contributed by atoms with E-state index >= 15 is 0 Å². The Kier molecular flexibility index (Phi) is 7.10. The third kappa shape index (κ3) is 6.61. The summed E-state index contributed by atoms with van der Waals surface area (Å²) in [6, 6.07) is 18.8. The van der Waals surface area contributed by atoms with Crippen LogP contribution in [0.25, 0.3) is 0 Å². The summed E-state index contributed by atoms with van der Waals surface area (Å²) in [6.07, 6.45) is 0. The molecule has 0 aliphatic heterocycles. The van der Waals surface area contributed by atoms with E-state index in [9.17, 15) is 21.6 Å². The molecule has 0 unspecified atom stereocenters. The molecule has 0 heterocycles. The van der Waals surface area contributed by atoms with Gasteiger partial charge < -0.3 is 10.6 Å². The number of nitrogens with zero attached hydrogens (tertiary/aromatic N) is 1. The average Bonchev–Trinajstić information content (AvgIpc) is 2.78. The lowest BCUT2D eigenvalue weighted by atomic mass is 10.2. The standard InChI is InChI=1S/C21H19N5O5S2/c22-13-15-1-5-17(6-2-15)25-21(27)26-18-7-11-20(12-8-18)33(30,31)24-14-16-3-9-19(10-4-16)32(23,28)29/h1-12,24H,14H2,(H2,23,28,29)(H2,25,26,27). The highest BCUT2D eigenvalue weighted by Crippen LogP contribution is 2.16. The monoisotopic (exact) mass is 485 g/mol. The SMILES string of the molecule is N#Cc1ccc(NC(=O)Nc2ccc(S(=O)(=O)NCc3ccc(S(N)(=O)=O)cc3)cc2)cc1. The van der Waals surface area contributed by atoms with Crippen LogP contribution in [0.5, 0.6) is 0 Å². The molecule has 10 nitrogen and oxygen atoms in total. The van der Waals surface area contributed by atoms with Crippen molar-refractivity contribution >= 4 is 37.5 Å². The van der Waals surface area contributed by atoms with Crippen molar-refractivity contribution < 1.29 is 21.6 Å². The molecule has 0 fully saturated rings. The molecule has 12 heteroatoms. The van der Waals surface area contributed by atoms with Gasteiger partial charge in [0.15, 0.2) is 0 Å². The number of amides is 2. The summed E-state index contributed by atoms with van der Waals surface area (Å²) >= 11 is 0. The molecule has 0 saturated heterocycles. The van der Waals surface area contributed by atoms with Gasteiger partial charge in [0.05, 0.1) is 21.4 Å². The molecule has 0 atom stereocenters. The third-order valence-corrected chi connectivity index (χ3v) is 6.76. The smallest absolute Gasteiger partial charge is 0.308 e. The average molecular weight is 486 g/mol. The molecule has 0 saturated carbocycles. The van der Waals surface area contributed by atoms with E-state index in [1.165, 1.54) is 48.5 Å². The number of urea groups is 1. The number of benzene rings is 3. The molecule has 0 aromatic heterocycles. The van der Waals surface area contributed by atoms with Crippen molar-refractivity contribution in [2.45, 2.75) is 16.3 Å². The first kappa shape index (κ1) is 23.9. The number of rotatable bonds is 7. The maximum absolute atomic E-state index is 12.5. The van der Waals surface area contributed by atoms with Crippen LogP contribution < -0.4 is 20.5 Å². The Morgan fingerprint density at radius 2 is 1.27 bits per heavy atom. The van der Waals surface area contributed by atoms with Crippen LogP contribution in [0.3, 0.4) is 0 Å². The predicted molar refractivity (Wildman–Crippen MR) is 122 cm³/mol. The van der Waals surface area contributed by atoms with Crippen molar-refractivity contribution in [2.24, 2.45) is 5.14 Å². The number of carbonyl (C=O) groups is 1. The van der Waals surface area contributed by atoms with E-state index in [0.29, 0.717) is 22.5 Å². The molecule has 0 spiro atoms. The lowest BCUT2D eigenvalue weighted by Crippen LogP contribution is -2.23. The third-order valence-electron chi connectivity index (χ3n) is 4.41. The van der Waals surface area contributed by atoms with E-state index in [-0.39, 0.29) is 16.3 Å². The predicted octanol–water partition coefficient (Wildman–Crippen LogP) is 2.33. The Bertz CT molecular complexity index is 1400. The van der Waals surface area contributed by atoms with Crippen molar-refractivity contribution in [3.8, 4) is 6.07 Å². The molecule has 2 amide bonds. The van der Waals surface area contributed by atoms with Crippen LogP contribution in [-0.4, -0.2) is 22.9 Å². The highest BCUT2D eigenvalue weighted by atomic mass is 32.2. The number of sulfonamides is 2. The molecular weight excluding hydrogens is 466 g/mol. The van der Waals surface area contributed by atoms with Gasteiger partial charge in [0.2, 0.25) is 20.0 Å². The van der Waals surface area contributed by atoms with Crippen LogP contribution in [0, 0.1) is 11.3 Å². The molecule has 33 heavy (non-hydrogen) atoms. The summed E-state index contributed by atoms with van der Waals surface area (Å²) in [4.78, 5) is 12.0. The van der Waals surface area contributed by atoms with Gasteiger partial charge in [-0.1, -0.05) is 12.1 Å². The van der Waals surface area contributed by atoms with Gasteiger partial charge in [-0.15, -0.1) is 0 Å². The number of nitriles is 1. The Morgan fingerprint density at radius 1 is 0.788 bits per heavy atom. The van der Waals surface area contributed by atoms with Crippen LogP contribution in [0.2, 0.25) is 0 Å². The Hall–Kier alpha value is -3.76. The zero-order valence-electron chi connectivity index (χ0n) is 17.0. The van der Waals surface area contributed by atoms with Gasteiger partial charge in [-0.05, 0) is 66.2 Å². The van der Waals surface area contributed by atoms with Crippen molar-refractivity contribution in [2.75, 3.05) is 10.6 Å². The van der Waals surface area contributed by atoms with Crippen LogP contribution >= 0.6 is 0 Å². The molecule has 3 rings (SSSR count). The molecule has 0 aliphatic carbocycles. The van der Waals surface area contributed by atoms with Gasteiger partial charge in [0.25, 0.3) is 0 Å². The zero-order chi connectivity index (χ0) is 24.1. The van der Waals surface area contributed by atoms with Gasteiger partial charge in [-0.2, -0.15) is 5.26 Å². The minimum absolute atomic E-state index is 0.0123. The lowest BCUT2D eigenvalue weighted by molar-refractivity contribution is 0.262. The Balaban J connectivity index is 1.58. The first-order valence-electron chi connectivity index (χ1n) is 9.36. The molecule has 3 aromatic rings. The molecule has 170 valence electrons. The summed E-state index contributed by atoms with van der Waals surface area (Å²) in [5, 5.41) is 19.0. The van der Waals surface area contributed by atoms with Gasteiger partial charge in [0.1, 0.15) is 0 Å². The Morgan fingerprint density at radius 3 is 1.76 bits per heavy atom. The molecular formula is C21H19N5O5S2. The number of anilines is 2. The van der Waals surface area contributed by atoms with E-state index < -0.39 is 26.1 Å². The number of nitrogens with one attached hydrogen (secondary N) is 3. The minimum atomic E-state index is -3.85. The van der Waals surface area contributed by atoms with E-state index in [4.69, 9.17) is 10.4 Å². The zero-order valence-corrected chi connectivity index (χ0v) is 18.7. The van der Waals surface area contributed by atoms with Gasteiger partial charge >= 0.3 is 6.03 Å². The molecule has 3 aromatic carbocycles. The maximum atomic E-state index is 12.5. The van der Waals surface area contributed by atoms with Crippen LogP contribution in [0.4, 0.5) is 16.2 Å². The molecule has 0 aliphatic rings. The molecule has 0 radical (unpaired) electrons. The van der Waals surface area contributed by atoms with Crippen molar-refractivity contribution in [1.82, 2.24) is 4.72 Å². The normalized spacial score (nSPS) is 11.4. The second-order valence-corrected chi connectivity index (χ2v) is 10.1. The fourth-order valence-corrected chi connectivity index (χ4v) is 4.23. The summed E-state index contributed by atoms with van der Waals surface area (Å²) in [7, 11) is -7.67. The van der Waals surface area contributed by atoms with Crippen molar-refractivity contribution in [1.29, 1.82) is 5.26 Å². The maximum Gasteiger partial charge on any atom is 0.323 e. The van der Waals surface area contributed by atoms with Crippen LogP contribution in [0.1, 0.15) is 11.1 Å². The highest BCUT2D eigenvalue weighted by molar-refractivity contribution is 7.89. The van der Waals surface area contributed by atoms with Crippen LogP contribution in [0.15, 0.2) is 82.6 Å². The Labute approximate surface area is 191 Å². The summed E-state index contributed by atoms with van der Waals surface area (Å²) in [5.74, 6) is 0. The minimum Gasteiger partial charge on any atom is -0.308 e. The van der Waals surface area contributed by atoms with Crippen LogP contribution in [-0.2, 0) is 26.6 Å². The van der Waals surface area contributed by atoms with Gasteiger partial charge in [0, 0.05) is 17.9 Å². The van der Waals surface area contributed by atoms with Gasteiger partial charge in [-0.25, -0.2) is 31.5 Å². The first-order valence-corrected chi connectivity index (χ1v) is 12.4. The largest absolute Gasteiger partial charge is 0.323 e. The van der Waals surface area contributed by atoms with Gasteiger partial charge in [-0.3, -0.25) is 0 Å². The van der Waals surface area contributed by atoms with E-state index in [0.717, 1.165) is 0 Å². The van der Waals surface area contributed by atoms with E-state index in [1.807, 2.05) is 6.07 Å². The van der Waals surface area contributed by atoms with Crippen molar-refractivity contribution in [3.05, 3.63) is 83.9 Å². The first-order chi connectivity index (χ1) is 15.6. The van der Waals surface area contributed by atoms with E-state index in [1.54, 1.807) is 24.3 Å². The highest BCUT2D eigenvalue weighted by Gasteiger charge is 2.14. The topological polar surface area (TPSA) is 171 Å². The number of hydrogen-bond acceptors (Lipinski definition) is 6. The molecule has 0 bridgehead atoms. The van der Waals surface area contributed by atoms with E-state index in [2.05, 4.69) is 15.4 Å². The summed E-state index contributed by atoms with van der Waals surface area (Å²) < 4.78 is 50.0. The number of primary sulfonamides is 1.